The number of benzene rings is 1. The highest BCUT2D eigenvalue weighted by Crippen LogP contribution is 2.11. The van der Waals surface area contributed by atoms with E-state index in [-0.39, 0.29) is 6.73 Å². The van der Waals surface area contributed by atoms with Crippen molar-refractivity contribution in [2.75, 3.05) is 24.4 Å². The van der Waals surface area contributed by atoms with Crippen LogP contribution < -0.4 is 10.6 Å². The monoisotopic (exact) mass is 152 g/mol. The second-order valence-corrected chi connectivity index (χ2v) is 2.16. The molecule has 1 aromatic carbocycles. The molecule has 3 nitrogen and oxygen atoms in total. The first kappa shape index (κ1) is 7.88. The van der Waals surface area contributed by atoms with E-state index in [0.29, 0.717) is 0 Å². The topological polar surface area (TPSA) is 44.3 Å². The molecule has 0 aliphatic heterocycles. The number of rotatable bonds is 3. The molecule has 0 aliphatic rings. The summed E-state index contributed by atoms with van der Waals surface area (Å²) in [7, 11) is 1.87. The Hall–Kier alpha value is -1.22. The Kier molecular flexibility index (Phi) is 2.74. The lowest BCUT2D eigenvalue weighted by Gasteiger charge is -2.03. The standard InChI is InChI=1S/C8H12N2O/c1-9-7-2-4-8(5-3-7)10-6-11/h2-5,9-11H,6H2,1H3. The maximum absolute atomic E-state index is 8.52. The Bertz CT molecular complexity index is 208. The quantitative estimate of drug-likeness (QED) is 0.568. The summed E-state index contributed by atoms with van der Waals surface area (Å²) in [5, 5.41) is 14.3. The Labute approximate surface area is 66.1 Å². The molecular weight excluding hydrogens is 140 g/mol. The van der Waals surface area contributed by atoms with Crippen molar-refractivity contribution < 1.29 is 5.11 Å². The van der Waals surface area contributed by atoms with Crippen molar-refractivity contribution in [1.82, 2.24) is 0 Å². The van der Waals surface area contributed by atoms with E-state index < -0.39 is 0 Å². The van der Waals surface area contributed by atoms with Gasteiger partial charge in [-0.25, -0.2) is 0 Å². The summed E-state index contributed by atoms with van der Waals surface area (Å²) in [6.07, 6.45) is 0. The molecule has 0 heterocycles. The number of aliphatic hydroxyl groups is 1. The second-order valence-electron chi connectivity index (χ2n) is 2.16. The minimum absolute atomic E-state index is 0.0289. The van der Waals surface area contributed by atoms with Crippen LogP contribution in [-0.2, 0) is 0 Å². The molecule has 1 rings (SSSR count). The third-order valence-electron chi connectivity index (χ3n) is 1.46. The number of aliphatic hydroxyl groups excluding tert-OH is 1. The molecule has 0 atom stereocenters. The molecule has 0 spiro atoms. The predicted molar refractivity (Wildman–Crippen MR) is 46.7 cm³/mol. The Morgan fingerprint density at radius 3 is 2.18 bits per heavy atom. The lowest BCUT2D eigenvalue weighted by atomic mass is 10.3. The van der Waals surface area contributed by atoms with E-state index in [9.17, 15) is 0 Å². The van der Waals surface area contributed by atoms with Crippen LogP contribution in [0.4, 0.5) is 11.4 Å². The number of hydrogen-bond acceptors (Lipinski definition) is 3. The van der Waals surface area contributed by atoms with Crippen LogP contribution in [0.25, 0.3) is 0 Å². The van der Waals surface area contributed by atoms with Gasteiger partial charge in [0.15, 0.2) is 0 Å². The minimum atomic E-state index is -0.0289. The van der Waals surface area contributed by atoms with Crippen molar-refractivity contribution in [3.05, 3.63) is 24.3 Å². The zero-order valence-electron chi connectivity index (χ0n) is 6.46. The zero-order valence-corrected chi connectivity index (χ0v) is 6.46. The van der Waals surface area contributed by atoms with Crippen LogP contribution in [0, 0.1) is 0 Å². The summed E-state index contributed by atoms with van der Waals surface area (Å²) in [5.41, 5.74) is 1.99. The molecule has 3 heteroatoms. The summed E-state index contributed by atoms with van der Waals surface area (Å²) in [6.45, 7) is -0.0289. The van der Waals surface area contributed by atoms with Crippen LogP contribution in [0.3, 0.4) is 0 Å². The van der Waals surface area contributed by atoms with E-state index in [1.165, 1.54) is 0 Å². The van der Waals surface area contributed by atoms with Crippen LogP contribution in [0.1, 0.15) is 0 Å². The van der Waals surface area contributed by atoms with Gasteiger partial charge in [-0.15, -0.1) is 0 Å². The van der Waals surface area contributed by atoms with Gasteiger partial charge in [0, 0.05) is 18.4 Å². The molecule has 0 saturated heterocycles. The first-order valence-electron chi connectivity index (χ1n) is 3.49. The van der Waals surface area contributed by atoms with Gasteiger partial charge in [-0.1, -0.05) is 0 Å². The van der Waals surface area contributed by atoms with Crippen molar-refractivity contribution in [1.29, 1.82) is 0 Å². The van der Waals surface area contributed by atoms with Gasteiger partial charge < -0.3 is 15.7 Å². The van der Waals surface area contributed by atoms with E-state index in [4.69, 9.17) is 5.11 Å². The lowest BCUT2D eigenvalue weighted by Crippen LogP contribution is -1.98. The molecule has 0 fully saturated rings. The van der Waals surface area contributed by atoms with E-state index in [0.717, 1.165) is 11.4 Å². The fourth-order valence-electron chi connectivity index (χ4n) is 0.846. The van der Waals surface area contributed by atoms with Gasteiger partial charge in [0.05, 0.1) is 0 Å². The zero-order chi connectivity index (χ0) is 8.10. The molecule has 0 bridgehead atoms. The van der Waals surface area contributed by atoms with E-state index in [1.807, 2.05) is 31.3 Å². The molecule has 0 saturated carbocycles. The average molecular weight is 152 g/mol. The van der Waals surface area contributed by atoms with Crippen molar-refractivity contribution in [2.45, 2.75) is 0 Å². The van der Waals surface area contributed by atoms with Crippen molar-refractivity contribution >= 4 is 11.4 Å². The summed E-state index contributed by atoms with van der Waals surface area (Å²) < 4.78 is 0. The van der Waals surface area contributed by atoms with Gasteiger partial charge in [-0.3, -0.25) is 0 Å². The first-order chi connectivity index (χ1) is 5.36. The van der Waals surface area contributed by atoms with Crippen molar-refractivity contribution in [3.63, 3.8) is 0 Å². The van der Waals surface area contributed by atoms with Crippen LogP contribution in [-0.4, -0.2) is 18.9 Å². The van der Waals surface area contributed by atoms with E-state index in [2.05, 4.69) is 10.6 Å². The number of anilines is 2. The fraction of sp³-hybridized carbons (Fsp3) is 0.250. The normalized spacial score (nSPS) is 9.27. The third kappa shape index (κ3) is 2.13. The van der Waals surface area contributed by atoms with Crippen LogP contribution in [0.2, 0.25) is 0 Å². The molecule has 0 aliphatic carbocycles. The summed E-state index contributed by atoms with van der Waals surface area (Å²) in [6, 6.07) is 7.69. The maximum Gasteiger partial charge on any atom is 0.113 e. The van der Waals surface area contributed by atoms with E-state index >= 15 is 0 Å². The van der Waals surface area contributed by atoms with Crippen LogP contribution in [0.5, 0.6) is 0 Å². The molecule has 3 N–H and O–H groups in total. The molecule has 60 valence electrons. The number of nitrogens with one attached hydrogen (secondary N) is 2. The highest BCUT2D eigenvalue weighted by molar-refractivity contribution is 5.52. The van der Waals surface area contributed by atoms with Crippen LogP contribution >= 0.6 is 0 Å². The van der Waals surface area contributed by atoms with Crippen molar-refractivity contribution in [2.24, 2.45) is 0 Å². The highest BCUT2D eigenvalue weighted by Gasteiger charge is 1.88. The Balaban J connectivity index is 2.66. The summed E-state index contributed by atoms with van der Waals surface area (Å²) in [5.74, 6) is 0. The van der Waals surface area contributed by atoms with Crippen LogP contribution in [0.15, 0.2) is 24.3 Å². The predicted octanol–water partition coefficient (Wildman–Crippen LogP) is 1.09. The molecule has 0 unspecified atom stereocenters. The van der Waals surface area contributed by atoms with Crippen molar-refractivity contribution in [3.8, 4) is 0 Å². The molecule has 11 heavy (non-hydrogen) atoms. The van der Waals surface area contributed by atoms with Gasteiger partial charge in [0.1, 0.15) is 6.73 Å². The molecule has 0 radical (unpaired) electrons. The van der Waals surface area contributed by atoms with Gasteiger partial charge in [-0.2, -0.15) is 0 Å². The van der Waals surface area contributed by atoms with Gasteiger partial charge in [-0.05, 0) is 24.3 Å². The average Bonchev–Trinajstić information content (AvgIpc) is 2.07. The Morgan fingerprint density at radius 2 is 1.73 bits per heavy atom. The van der Waals surface area contributed by atoms with Gasteiger partial charge in [0.2, 0.25) is 0 Å². The summed E-state index contributed by atoms with van der Waals surface area (Å²) >= 11 is 0. The largest absolute Gasteiger partial charge is 0.388 e. The Morgan fingerprint density at radius 1 is 1.18 bits per heavy atom. The summed E-state index contributed by atoms with van der Waals surface area (Å²) in [4.78, 5) is 0. The smallest absolute Gasteiger partial charge is 0.113 e. The van der Waals surface area contributed by atoms with E-state index in [1.54, 1.807) is 0 Å². The third-order valence-corrected chi connectivity index (χ3v) is 1.46. The fourth-order valence-corrected chi connectivity index (χ4v) is 0.846. The first-order valence-corrected chi connectivity index (χ1v) is 3.49. The van der Waals surface area contributed by atoms with Gasteiger partial charge in [0.25, 0.3) is 0 Å². The SMILES string of the molecule is CNc1ccc(NCO)cc1. The van der Waals surface area contributed by atoms with Gasteiger partial charge >= 0.3 is 0 Å². The number of hydrogen-bond donors (Lipinski definition) is 3. The molecule has 1 aromatic rings. The second kappa shape index (κ2) is 3.83. The molecule has 0 aromatic heterocycles. The molecule has 0 amide bonds. The maximum atomic E-state index is 8.52. The minimum Gasteiger partial charge on any atom is -0.388 e. The lowest BCUT2D eigenvalue weighted by molar-refractivity contribution is 0.325. The highest BCUT2D eigenvalue weighted by atomic mass is 16.3. The molecular formula is C8H12N2O.